The van der Waals surface area contributed by atoms with Gasteiger partial charge in [0.15, 0.2) is 11.6 Å². The summed E-state index contributed by atoms with van der Waals surface area (Å²) in [5.74, 6) is 0.102. The third-order valence-electron chi connectivity index (χ3n) is 3.91. The van der Waals surface area contributed by atoms with Crippen molar-refractivity contribution in [1.82, 2.24) is 0 Å². The summed E-state index contributed by atoms with van der Waals surface area (Å²) in [7, 11) is 1.52. The van der Waals surface area contributed by atoms with Gasteiger partial charge in [-0.15, -0.1) is 0 Å². The van der Waals surface area contributed by atoms with Crippen molar-refractivity contribution in [2.24, 2.45) is 5.73 Å². The molecule has 17 heavy (non-hydrogen) atoms. The van der Waals surface area contributed by atoms with E-state index in [-0.39, 0.29) is 11.2 Å². The molecule has 0 radical (unpaired) electrons. The number of benzene rings is 1. The van der Waals surface area contributed by atoms with E-state index in [1.807, 2.05) is 13.0 Å². The van der Waals surface area contributed by atoms with Crippen molar-refractivity contribution < 1.29 is 9.13 Å². The van der Waals surface area contributed by atoms with Crippen molar-refractivity contribution in [2.75, 3.05) is 13.7 Å². The van der Waals surface area contributed by atoms with Crippen LogP contribution in [-0.2, 0) is 5.41 Å². The first-order valence-electron chi connectivity index (χ1n) is 6.17. The average molecular weight is 237 g/mol. The molecule has 2 rings (SSSR count). The zero-order valence-electron chi connectivity index (χ0n) is 10.6. The zero-order valence-corrected chi connectivity index (χ0v) is 10.6. The van der Waals surface area contributed by atoms with Crippen molar-refractivity contribution in [1.29, 1.82) is 0 Å². The fourth-order valence-electron chi connectivity index (χ4n) is 2.97. The Labute approximate surface area is 102 Å². The fourth-order valence-corrected chi connectivity index (χ4v) is 2.97. The predicted molar refractivity (Wildman–Crippen MR) is 66.9 cm³/mol. The van der Waals surface area contributed by atoms with Crippen molar-refractivity contribution in [3.8, 4) is 5.75 Å². The fraction of sp³-hybridized carbons (Fsp3) is 0.571. The summed E-state index contributed by atoms with van der Waals surface area (Å²) in [6, 6.07) is 3.54. The summed E-state index contributed by atoms with van der Waals surface area (Å²) >= 11 is 0. The Kier molecular flexibility index (Phi) is 3.38. The number of ether oxygens (including phenoxy) is 1. The lowest BCUT2D eigenvalue weighted by Gasteiger charge is -2.30. The van der Waals surface area contributed by atoms with Crippen LogP contribution < -0.4 is 10.5 Å². The molecule has 0 bridgehead atoms. The monoisotopic (exact) mass is 237 g/mol. The van der Waals surface area contributed by atoms with Crippen LogP contribution in [0.15, 0.2) is 12.1 Å². The molecular formula is C14H20FNO. The molecule has 0 heterocycles. The van der Waals surface area contributed by atoms with E-state index < -0.39 is 0 Å². The van der Waals surface area contributed by atoms with Gasteiger partial charge in [-0.05, 0) is 31.4 Å². The van der Waals surface area contributed by atoms with Gasteiger partial charge in [-0.25, -0.2) is 4.39 Å². The number of nitrogens with two attached hydrogens (primary N) is 1. The van der Waals surface area contributed by atoms with E-state index in [0.29, 0.717) is 12.3 Å². The summed E-state index contributed by atoms with van der Waals surface area (Å²) in [4.78, 5) is 0. The topological polar surface area (TPSA) is 35.2 Å². The van der Waals surface area contributed by atoms with Gasteiger partial charge in [-0.1, -0.05) is 18.9 Å². The van der Waals surface area contributed by atoms with Crippen LogP contribution in [-0.4, -0.2) is 13.7 Å². The molecule has 1 aromatic carbocycles. The Bertz CT molecular complexity index is 411. The first-order chi connectivity index (χ1) is 8.13. The quantitative estimate of drug-likeness (QED) is 0.877. The smallest absolute Gasteiger partial charge is 0.165 e. The average Bonchev–Trinajstić information content (AvgIpc) is 2.77. The van der Waals surface area contributed by atoms with Crippen LogP contribution in [0.25, 0.3) is 0 Å². The molecule has 1 aliphatic rings. The molecule has 0 aromatic heterocycles. The second kappa shape index (κ2) is 4.65. The molecule has 2 nitrogen and oxygen atoms in total. The molecule has 2 N–H and O–H groups in total. The Morgan fingerprint density at radius 1 is 1.35 bits per heavy atom. The first-order valence-corrected chi connectivity index (χ1v) is 6.17. The van der Waals surface area contributed by atoms with Crippen molar-refractivity contribution in [3.63, 3.8) is 0 Å². The van der Waals surface area contributed by atoms with E-state index in [0.717, 1.165) is 36.8 Å². The largest absolute Gasteiger partial charge is 0.493 e. The van der Waals surface area contributed by atoms with Crippen LogP contribution in [0.3, 0.4) is 0 Å². The van der Waals surface area contributed by atoms with Gasteiger partial charge in [0.1, 0.15) is 0 Å². The SMILES string of the molecule is COc1c(F)cc(C)cc1C1(CN)CCCC1. The number of hydrogen-bond donors (Lipinski definition) is 1. The highest BCUT2D eigenvalue weighted by Gasteiger charge is 2.37. The molecule has 0 unspecified atom stereocenters. The first kappa shape index (κ1) is 12.4. The summed E-state index contributed by atoms with van der Waals surface area (Å²) in [5.41, 5.74) is 7.75. The molecule has 3 heteroatoms. The standard InChI is InChI=1S/C14H20FNO/c1-10-7-11(13(17-2)12(15)8-10)14(9-16)5-3-4-6-14/h7-8H,3-6,9,16H2,1-2H3. The third-order valence-corrected chi connectivity index (χ3v) is 3.91. The van der Waals surface area contributed by atoms with Gasteiger partial charge in [0.2, 0.25) is 0 Å². The molecule has 0 aliphatic heterocycles. The molecule has 0 saturated heterocycles. The third kappa shape index (κ3) is 2.04. The zero-order chi connectivity index (χ0) is 12.5. The van der Waals surface area contributed by atoms with Crippen LogP contribution in [0.2, 0.25) is 0 Å². The molecular weight excluding hydrogens is 217 g/mol. The van der Waals surface area contributed by atoms with Gasteiger partial charge in [0.25, 0.3) is 0 Å². The maximum atomic E-state index is 13.9. The lowest BCUT2D eigenvalue weighted by Crippen LogP contribution is -2.32. The van der Waals surface area contributed by atoms with Gasteiger partial charge in [0.05, 0.1) is 7.11 Å². The molecule has 1 fully saturated rings. The highest BCUT2D eigenvalue weighted by Crippen LogP contribution is 2.45. The number of methoxy groups -OCH3 is 1. The minimum atomic E-state index is -0.276. The summed E-state index contributed by atoms with van der Waals surface area (Å²) in [6.45, 7) is 2.47. The van der Waals surface area contributed by atoms with E-state index >= 15 is 0 Å². The molecule has 1 aliphatic carbocycles. The highest BCUT2D eigenvalue weighted by atomic mass is 19.1. The Balaban J connectivity index is 2.56. The van der Waals surface area contributed by atoms with Crippen molar-refractivity contribution in [3.05, 3.63) is 29.1 Å². The molecule has 94 valence electrons. The molecule has 0 spiro atoms. The predicted octanol–water partition coefficient (Wildman–Crippen LogP) is 2.91. The maximum absolute atomic E-state index is 13.9. The van der Waals surface area contributed by atoms with Crippen LogP contribution in [0.5, 0.6) is 5.75 Å². The minimum Gasteiger partial charge on any atom is -0.493 e. The van der Waals surface area contributed by atoms with Crippen molar-refractivity contribution in [2.45, 2.75) is 38.0 Å². The second-order valence-corrected chi connectivity index (χ2v) is 5.02. The van der Waals surface area contributed by atoms with Gasteiger partial charge in [0, 0.05) is 17.5 Å². The van der Waals surface area contributed by atoms with Gasteiger partial charge in [-0.2, -0.15) is 0 Å². The maximum Gasteiger partial charge on any atom is 0.165 e. The number of hydrogen-bond acceptors (Lipinski definition) is 2. The highest BCUT2D eigenvalue weighted by molar-refractivity contribution is 5.44. The Morgan fingerprint density at radius 3 is 2.53 bits per heavy atom. The molecule has 1 aromatic rings. The van der Waals surface area contributed by atoms with Crippen LogP contribution in [0.1, 0.15) is 36.8 Å². The van der Waals surface area contributed by atoms with E-state index in [2.05, 4.69) is 0 Å². The van der Waals surface area contributed by atoms with Crippen LogP contribution in [0.4, 0.5) is 4.39 Å². The van der Waals surface area contributed by atoms with E-state index in [4.69, 9.17) is 10.5 Å². The minimum absolute atomic E-state index is 0.0851. The van der Waals surface area contributed by atoms with Crippen LogP contribution in [0, 0.1) is 12.7 Å². The summed E-state index contributed by atoms with van der Waals surface area (Å²) in [5, 5.41) is 0. The van der Waals surface area contributed by atoms with Gasteiger partial charge in [-0.3, -0.25) is 0 Å². The molecule has 1 saturated carbocycles. The number of halogens is 1. The van der Waals surface area contributed by atoms with E-state index in [9.17, 15) is 4.39 Å². The lowest BCUT2D eigenvalue weighted by atomic mass is 9.78. The van der Waals surface area contributed by atoms with Crippen molar-refractivity contribution >= 4 is 0 Å². The molecule has 0 amide bonds. The van der Waals surface area contributed by atoms with E-state index in [1.54, 1.807) is 0 Å². The molecule has 0 atom stereocenters. The lowest BCUT2D eigenvalue weighted by molar-refractivity contribution is 0.355. The number of aryl methyl sites for hydroxylation is 1. The van der Waals surface area contributed by atoms with E-state index in [1.165, 1.54) is 13.2 Å². The summed E-state index contributed by atoms with van der Waals surface area (Å²) < 4.78 is 19.1. The second-order valence-electron chi connectivity index (χ2n) is 5.02. The Hall–Kier alpha value is -1.09. The van der Waals surface area contributed by atoms with Gasteiger partial charge < -0.3 is 10.5 Å². The summed E-state index contributed by atoms with van der Waals surface area (Å²) in [6.07, 6.45) is 4.39. The van der Waals surface area contributed by atoms with Gasteiger partial charge >= 0.3 is 0 Å². The number of rotatable bonds is 3. The normalized spacial score (nSPS) is 18.4. The Morgan fingerprint density at radius 2 is 2.00 bits per heavy atom. The van der Waals surface area contributed by atoms with Crippen LogP contribution >= 0.6 is 0 Å².